The Kier molecular flexibility index (Phi) is 4.31. The third-order valence-corrected chi connectivity index (χ3v) is 7.22. The van der Waals surface area contributed by atoms with Gasteiger partial charge in [0.05, 0.1) is 11.3 Å². The number of anilines is 1. The van der Waals surface area contributed by atoms with E-state index in [4.69, 9.17) is 0 Å². The first-order valence-electron chi connectivity index (χ1n) is 8.31. The molecule has 1 aliphatic heterocycles. The molecular weight excluding hydrogens is 392 g/mol. The smallest absolute Gasteiger partial charge is 0.211 e. The minimum Gasteiger partial charge on any atom is -0.358 e. The lowest BCUT2D eigenvalue weighted by molar-refractivity contribution is 0.588. The molecule has 0 spiro atoms. The van der Waals surface area contributed by atoms with Crippen LogP contribution in [0.15, 0.2) is 28.6 Å². The van der Waals surface area contributed by atoms with E-state index in [1.807, 2.05) is 11.8 Å². The standard InChI is InChI=1S/C18H17F2N3O2S2/c1-10-17(22-18(26-10)27(2,24)25)23-7-6-14-11(9-23)8-15(21-14)16-12(19)4-3-5-13(16)20/h3-5,8,21H,6-7,9H2,1-2H3. The fourth-order valence-electron chi connectivity index (χ4n) is 3.32. The number of aromatic nitrogens is 2. The zero-order valence-corrected chi connectivity index (χ0v) is 16.3. The van der Waals surface area contributed by atoms with Crippen molar-refractivity contribution in [3.63, 3.8) is 0 Å². The SMILES string of the molecule is Cc1sc(S(C)(=O)=O)nc1N1CCc2[nH]c(-c3c(F)cccc3F)cc2C1. The van der Waals surface area contributed by atoms with Gasteiger partial charge in [-0.05, 0) is 30.7 Å². The van der Waals surface area contributed by atoms with E-state index in [-0.39, 0.29) is 9.90 Å². The third kappa shape index (κ3) is 3.25. The number of rotatable bonds is 3. The fourth-order valence-corrected chi connectivity index (χ4v) is 5.22. The van der Waals surface area contributed by atoms with Crippen molar-refractivity contribution in [2.45, 2.75) is 24.2 Å². The Morgan fingerprint density at radius 1 is 1.26 bits per heavy atom. The number of hydrogen-bond donors (Lipinski definition) is 1. The molecule has 0 radical (unpaired) electrons. The lowest BCUT2D eigenvalue weighted by Gasteiger charge is -2.27. The summed E-state index contributed by atoms with van der Waals surface area (Å²) < 4.78 is 51.8. The number of aryl methyl sites for hydroxylation is 1. The highest BCUT2D eigenvalue weighted by Gasteiger charge is 2.25. The van der Waals surface area contributed by atoms with E-state index in [9.17, 15) is 17.2 Å². The van der Waals surface area contributed by atoms with Crippen molar-refractivity contribution in [2.75, 3.05) is 17.7 Å². The largest absolute Gasteiger partial charge is 0.358 e. The van der Waals surface area contributed by atoms with Crippen molar-refractivity contribution in [3.05, 3.63) is 52.0 Å². The first-order valence-corrected chi connectivity index (χ1v) is 11.0. The molecule has 3 heterocycles. The van der Waals surface area contributed by atoms with Crippen molar-refractivity contribution < 1.29 is 17.2 Å². The lowest BCUT2D eigenvalue weighted by atomic mass is 10.1. The number of sulfone groups is 1. The molecule has 0 unspecified atom stereocenters. The number of hydrogen-bond acceptors (Lipinski definition) is 5. The van der Waals surface area contributed by atoms with E-state index in [2.05, 4.69) is 9.97 Å². The van der Waals surface area contributed by atoms with Gasteiger partial charge in [-0.3, -0.25) is 0 Å². The topological polar surface area (TPSA) is 66.1 Å². The average Bonchev–Trinajstić information content (AvgIpc) is 3.17. The molecule has 5 nitrogen and oxygen atoms in total. The van der Waals surface area contributed by atoms with Crippen molar-refractivity contribution in [1.29, 1.82) is 0 Å². The van der Waals surface area contributed by atoms with E-state index < -0.39 is 21.5 Å². The van der Waals surface area contributed by atoms with E-state index in [1.165, 1.54) is 18.2 Å². The van der Waals surface area contributed by atoms with Gasteiger partial charge in [-0.1, -0.05) is 6.07 Å². The van der Waals surface area contributed by atoms with Crippen LogP contribution >= 0.6 is 11.3 Å². The molecule has 3 aromatic rings. The van der Waals surface area contributed by atoms with Gasteiger partial charge in [0.1, 0.15) is 17.5 Å². The van der Waals surface area contributed by atoms with Crippen molar-refractivity contribution in [1.82, 2.24) is 9.97 Å². The van der Waals surface area contributed by atoms with Crippen LogP contribution in [-0.4, -0.2) is 31.2 Å². The van der Waals surface area contributed by atoms with Gasteiger partial charge in [-0.25, -0.2) is 22.2 Å². The number of benzene rings is 1. The van der Waals surface area contributed by atoms with Gasteiger partial charge in [-0.15, -0.1) is 11.3 Å². The number of halogens is 2. The Morgan fingerprint density at radius 3 is 2.59 bits per heavy atom. The summed E-state index contributed by atoms with van der Waals surface area (Å²) in [7, 11) is -3.35. The van der Waals surface area contributed by atoms with Crippen LogP contribution in [0.5, 0.6) is 0 Å². The maximum Gasteiger partial charge on any atom is 0.211 e. The molecule has 2 aromatic heterocycles. The van der Waals surface area contributed by atoms with Crippen LogP contribution in [0.25, 0.3) is 11.3 Å². The van der Waals surface area contributed by atoms with Gasteiger partial charge in [0.25, 0.3) is 0 Å². The highest BCUT2D eigenvalue weighted by molar-refractivity contribution is 7.92. The van der Waals surface area contributed by atoms with Crippen molar-refractivity contribution in [3.8, 4) is 11.3 Å². The molecular formula is C18H17F2N3O2S2. The van der Waals surface area contributed by atoms with Gasteiger partial charge in [0, 0.05) is 36.3 Å². The minimum atomic E-state index is -3.35. The summed E-state index contributed by atoms with van der Waals surface area (Å²) >= 11 is 1.15. The first kappa shape index (κ1) is 18.1. The molecule has 1 N–H and O–H groups in total. The third-order valence-electron chi connectivity index (χ3n) is 4.59. The highest BCUT2D eigenvalue weighted by Crippen LogP contribution is 2.34. The Morgan fingerprint density at radius 2 is 1.96 bits per heavy atom. The van der Waals surface area contributed by atoms with Gasteiger partial charge in [0.2, 0.25) is 14.2 Å². The maximum atomic E-state index is 14.1. The van der Waals surface area contributed by atoms with E-state index in [1.54, 1.807) is 6.07 Å². The second kappa shape index (κ2) is 6.42. The highest BCUT2D eigenvalue weighted by atomic mass is 32.2. The lowest BCUT2D eigenvalue weighted by Crippen LogP contribution is -2.30. The molecule has 0 bridgehead atoms. The molecule has 27 heavy (non-hydrogen) atoms. The molecule has 9 heteroatoms. The Bertz CT molecular complexity index is 1120. The van der Waals surface area contributed by atoms with Gasteiger partial charge < -0.3 is 9.88 Å². The second-order valence-electron chi connectivity index (χ2n) is 6.59. The molecule has 1 aromatic carbocycles. The molecule has 0 saturated carbocycles. The number of nitrogens with one attached hydrogen (secondary N) is 1. The summed E-state index contributed by atoms with van der Waals surface area (Å²) in [6, 6.07) is 5.55. The van der Waals surface area contributed by atoms with E-state index in [0.29, 0.717) is 31.0 Å². The molecule has 0 amide bonds. The van der Waals surface area contributed by atoms with Gasteiger partial charge >= 0.3 is 0 Å². The molecule has 142 valence electrons. The zero-order valence-electron chi connectivity index (χ0n) is 14.7. The minimum absolute atomic E-state index is 0.0670. The van der Waals surface area contributed by atoms with Crippen LogP contribution < -0.4 is 4.90 Å². The molecule has 0 saturated heterocycles. The zero-order chi connectivity index (χ0) is 19.3. The summed E-state index contributed by atoms with van der Waals surface area (Å²) in [6.45, 7) is 2.98. The molecule has 1 aliphatic rings. The summed E-state index contributed by atoms with van der Waals surface area (Å²) in [5.74, 6) is -0.580. The fraction of sp³-hybridized carbons (Fsp3) is 0.278. The van der Waals surface area contributed by atoms with Crippen LogP contribution in [0.1, 0.15) is 16.1 Å². The van der Waals surface area contributed by atoms with E-state index >= 15 is 0 Å². The van der Waals surface area contributed by atoms with Crippen LogP contribution in [0.4, 0.5) is 14.6 Å². The molecule has 0 fully saturated rings. The van der Waals surface area contributed by atoms with Crippen molar-refractivity contribution in [2.24, 2.45) is 0 Å². The summed E-state index contributed by atoms with van der Waals surface area (Å²) in [4.78, 5) is 10.3. The van der Waals surface area contributed by atoms with Crippen LogP contribution in [0.3, 0.4) is 0 Å². The second-order valence-corrected chi connectivity index (χ2v) is 9.98. The Labute approximate surface area is 159 Å². The maximum absolute atomic E-state index is 14.1. The monoisotopic (exact) mass is 409 g/mol. The normalized spacial score (nSPS) is 14.4. The van der Waals surface area contributed by atoms with Crippen LogP contribution in [0.2, 0.25) is 0 Å². The van der Waals surface area contributed by atoms with Crippen LogP contribution in [0, 0.1) is 18.6 Å². The summed E-state index contributed by atoms with van der Waals surface area (Å²) in [5, 5.41) is 0. The van der Waals surface area contributed by atoms with Gasteiger partial charge in [-0.2, -0.15) is 0 Å². The predicted molar refractivity (Wildman–Crippen MR) is 101 cm³/mol. The number of nitrogens with zero attached hydrogens (tertiary/aromatic N) is 2. The molecule has 0 atom stereocenters. The molecule has 0 aliphatic carbocycles. The Hall–Kier alpha value is -2.26. The van der Waals surface area contributed by atoms with Gasteiger partial charge in [0.15, 0.2) is 0 Å². The van der Waals surface area contributed by atoms with E-state index in [0.717, 1.165) is 33.7 Å². The number of H-pyrrole nitrogens is 1. The number of thiazole rings is 1. The molecule has 4 rings (SSSR count). The quantitative estimate of drug-likeness (QED) is 0.717. The average molecular weight is 409 g/mol. The number of fused-ring (bicyclic) bond motifs is 1. The Balaban J connectivity index is 1.67. The van der Waals surface area contributed by atoms with Crippen molar-refractivity contribution >= 4 is 27.0 Å². The summed E-state index contributed by atoms with van der Waals surface area (Å²) in [5.41, 5.74) is 2.19. The number of aromatic amines is 1. The summed E-state index contributed by atoms with van der Waals surface area (Å²) in [6.07, 6.45) is 1.79. The van der Waals surface area contributed by atoms with Crippen LogP contribution in [-0.2, 0) is 22.8 Å². The first-order chi connectivity index (χ1) is 12.7. The predicted octanol–water partition coefficient (Wildman–Crippen LogP) is 3.69.